The lowest BCUT2D eigenvalue weighted by Gasteiger charge is -2.16. The molecule has 0 radical (unpaired) electrons. The Morgan fingerprint density at radius 1 is 1.17 bits per heavy atom. The molecule has 0 saturated carbocycles. The lowest BCUT2D eigenvalue weighted by molar-refractivity contribution is -0.0511. The Balaban J connectivity index is 1.62. The molecular formula is C19H20N6O4. The lowest BCUT2D eigenvalue weighted by atomic mass is 10.1. The molecular weight excluding hydrogens is 376 g/mol. The smallest absolute Gasteiger partial charge is 0.236 e. The van der Waals surface area contributed by atoms with E-state index in [2.05, 4.69) is 20.3 Å². The molecule has 1 fully saturated rings. The highest BCUT2D eigenvalue weighted by Crippen LogP contribution is 2.32. The number of hydrogen-bond donors (Lipinski definition) is 4. The van der Waals surface area contributed by atoms with Gasteiger partial charge in [0.1, 0.15) is 24.4 Å². The van der Waals surface area contributed by atoms with Gasteiger partial charge in [-0.25, -0.2) is 4.98 Å². The maximum Gasteiger partial charge on any atom is 0.236 e. The minimum absolute atomic E-state index is 0.0618. The van der Waals surface area contributed by atoms with Crippen molar-refractivity contribution in [3.05, 3.63) is 48.0 Å². The first kappa shape index (κ1) is 19.2. The van der Waals surface area contributed by atoms with Gasteiger partial charge in [0.25, 0.3) is 0 Å². The van der Waals surface area contributed by atoms with E-state index >= 15 is 0 Å². The molecule has 0 amide bonds. The minimum atomic E-state index is -1.28. The maximum absolute atomic E-state index is 10.3. The van der Waals surface area contributed by atoms with E-state index in [1.165, 1.54) is 10.9 Å². The molecule has 10 nitrogen and oxygen atoms in total. The van der Waals surface area contributed by atoms with E-state index < -0.39 is 31.1 Å². The first-order valence-electron chi connectivity index (χ1n) is 9.17. The van der Waals surface area contributed by atoms with Gasteiger partial charge in [0, 0.05) is 6.54 Å². The second-order valence-corrected chi connectivity index (χ2v) is 6.72. The SMILES string of the molecule is N#Cc1nc(NCCc2ccccc2)c2ncn(C3O[C@H](CO)C(O)C3O)c2n1. The van der Waals surface area contributed by atoms with Crippen molar-refractivity contribution in [3.63, 3.8) is 0 Å². The van der Waals surface area contributed by atoms with Gasteiger partial charge in [-0.15, -0.1) is 0 Å². The average Bonchev–Trinajstić information content (AvgIpc) is 3.29. The Morgan fingerprint density at radius 2 is 1.97 bits per heavy atom. The molecule has 4 rings (SSSR count). The van der Waals surface area contributed by atoms with Crippen LogP contribution in [0.1, 0.15) is 17.6 Å². The van der Waals surface area contributed by atoms with E-state index in [1.54, 1.807) is 0 Å². The van der Waals surface area contributed by atoms with Gasteiger partial charge in [-0.05, 0) is 12.0 Å². The van der Waals surface area contributed by atoms with Crippen LogP contribution < -0.4 is 5.32 Å². The monoisotopic (exact) mass is 396 g/mol. The second kappa shape index (κ2) is 8.10. The van der Waals surface area contributed by atoms with Crippen molar-refractivity contribution in [3.8, 4) is 6.07 Å². The summed E-state index contributed by atoms with van der Waals surface area (Å²) in [5.41, 5.74) is 1.85. The summed E-state index contributed by atoms with van der Waals surface area (Å²) in [5, 5.41) is 42.1. The number of hydrogen-bond acceptors (Lipinski definition) is 9. The number of aliphatic hydroxyl groups excluding tert-OH is 3. The number of benzene rings is 1. The highest BCUT2D eigenvalue weighted by atomic mass is 16.6. The summed E-state index contributed by atoms with van der Waals surface area (Å²) in [6, 6.07) is 11.9. The fourth-order valence-corrected chi connectivity index (χ4v) is 3.36. The average molecular weight is 396 g/mol. The van der Waals surface area contributed by atoms with E-state index in [9.17, 15) is 20.6 Å². The van der Waals surface area contributed by atoms with Crippen molar-refractivity contribution >= 4 is 17.0 Å². The zero-order valence-electron chi connectivity index (χ0n) is 15.4. The van der Waals surface area contributed by atoms with Gasteiger partial charge in [0.15, 0.2) is 23.2 Å². The van der Waals surface area contributed by atoms with Crippen molar-refractivity contribution < 1.29 is 20.1 Å². The quantitative estimate of drug-likeness (QED) is 0.450. The lowest BCUT2D eigenvalue weighted by Crippen LogP contribution is -2.33. The summed E-state index contributed by atoms with van der Waals surface area (Å²) >= 11 is 0. The molecule has 29 heavy (non-hydrogen) atoms. The number of fused-ring (bicyclic) bond motifs is 1. The van der Waals surface area contributed by atoms with E-state index in [0.29, 0.717) is 17.9 Å². The Labute approximate surface area is 166 Å². The highest BCUT2D eigenvalue weighted by Gasteiger charge is 2.44. The van der Waals surface area contributed by atoms with Gasteiger partial charge in [0.05, 0.1) is 12.9 Å². The highest BCUT2D eigenvalue weighted by molar-refractivity contribution is 5.83. The maximum atomic E-state index is 10.3. The van der Waals surface area contributed by atoms with Crippen molar-refractivity contribution in [1.29, 1.82) is 5.26 Å². The molecule has 3 heterocycles. The molecule has 4 atom stereocenters. The Hall–Kier alpha value is -3.10. The van der Waals surface area contributed by atoms with E-state index in [1.807, 2.05) is 36.4 Å². The van der Waals surface area contributed by atoms with Crippen LogP contribution in [0.15, 0.2) is 36.7 Å². The zero-order chi connectivity index (χ0) is 20.4. The fourth-order valence-electron chi connectivity index (χ4n) is 3.36. The van der Waals surface area contributed by atoms with E-state index in [4.69, 9.17) is 4.74 Å². The molecule has 1 aliphatic rings. The molecule has 0 spiro atoms. The number of nitriles is 1. The van der Waals surface area contributed by atoms with Crippen LogP contribution in [0.2, 0.25) is 0 Å². The number of rotatable bonds is 6. The third-order valence-corrected chi connectivity index (χ3v) is 4.86. The predicted octanol–water partition coefficient (Wildman–Crippen LogP) is -0.0359. The summed E-state index contributed by atoms with van der Waals surface area (Å²) in [7, 11) is 0. The topological polar surface area (TPSA) is 149 Å². The van der Waals surface area contributed by atoms with Crippen LogP contribution in [0.25, 0.3) is 11.2 Å². The number of anilines is 1. The third kappa shape index (κ3) is 3.64. The van der Waals surface area contributed by atoms with Crippen molar-refractivity contribution in [2.75, 3.05) is 18.5 Å². The second-order valence-electron chi connectivity index (χ2n) is 6.72. The van der Waals surface area contributed by atoms with Crippen LogP contribution in [0, 0.1) is 11.3 Å². The van der Waals surface area contributed by atoms with Gasteiger partial charge < -0.3 is 25.4 Å². The summed E-state index contributed by atoms with van der Waals surface area (Å²) in [5.74, 6) is 0.334. The summed E-state index contributed by atoms with van der Waals surface area (Å²) in [6.45, 7) is 0.133. The Kier molecular flexibility index (Phi) is 5.37. The molecule has 2 aromatic heterocycles. The predicted molar refractivity (Wildman–Crippen MR) is 102 cm³/mol. The van der Waals surface area contributed by atoms with Crippen LogP contribution >= 0.6 is 0 Å². The molecule has 0 bridgehead atoms. The Morgan fingerprint density at radius 3 is 2.66 bits per heavy atom. The number of aromatic nitrogens is 4. The fraction of sp³-hybridized carbons (Fsp3) is 0.368. The minimum Gasteiger partial charge on any atom is -0.394 e. The van der Waals surface area contributed by atoms with Crippen LogP contribution in [0.5, 0.6) is 0 Å². The van der Waals surface area contributed by atoms with Crippen molar-refractivity contribution in [2.45, 2.75) is 31.0 Å². The number of nitrogens with one attached hydrogen (secondary N) is 1. The normalized spacial score (nSPS) is 23.9. The van der Waals surface area contributed by atoms with Crippen LogP contribution in [-0.2, 0) is 11.2 Å². The first-order chi connectivity index (χ1) is 14.1. The van der Waals surface area contributed by atoms with Gasteiger partial charge in [0.2, 0.25) is 5.82 Å². The number of aliphatic hydroxyl groups is 3. The largest absolute Gasteiger partial charge is 0.394 e. The first-order valence-corrected chi connectivity index (χ1v) is 9.17. The summed E-state index contributed by atoms with van der Waals surface area (Å²) in [4.78, 5) is 12.7. The zero-order valence-corrected chi connectivity index (χ0v) is 15.4. The van der Waals surface area contributed by atoms with Gasteiger partial charge in [-0.2, -0.15) is 15.2 Å². The molecule has 150 valence electrons. The summed E-state index contributed by atoms with van der Waals surface area (Å²) < 4.78 is 6.98. The third-order valence-electron chi connectivity index (χ3n) is 4.86. The van der Waals surface area contributed by atoms with Crippen LogP contribution in [0.3, 0.4) is 0 Å². The molecule has 10 heteroatoms. The number of ether oxygens (including phenoxy) is 1. The molecule has 3 aromatic rings. The standard InChI is InChI=1S/C19H20N6O4/c20-8-13-23-17(21-7-6-11-4-2-1-3-5-11)14-18(24-13)25(10-22-14)19-16(28)15(27)12(9-26)29-19/h1-5,10,12,15-16,19,26-28H,6-7,9H2,(H,21,23,24)/t12-,15?,16?,19?/m1/s1. The molecule has 1 saturated heterocycles. The van der Waals surface area contributed by atoms with Gasteiger partial charge in [-0.3, -0.25) is 4.57 Å². The van der Waals surface area contributed by atoms with Gasteiger partial charge in [-0.1, -0.05) is 30.3 Å². The number of imidazole rings is 1. The molecule has 4 N–H and O–H groups in total. The molecule has 0 aliphatic carbocycles. The van der Waals surface area contributed by atoms with Gasteiger partial charge >= 0.3 is 0 Å². The van der Waals surface area contributed by atoms with E-state index in [0.717, 1.165) is 12.0 Å². The van der Waals surface area contributed by atoms with Crippen LogP contribution in [0.4, 0.5) is 5.82 Å². The Bertz CT molecular complexity index is 1030. The van der Waals surface area contributed by atoms with Crippen molar-refractivity contribution in [2.24, 2.45) is 0 Å². The molecule has 1 aromatic carbocycles. The molecule has 1 aliphatic heterocycles. The number of nitrogens with zero attached hydrogens (tertiary/aromatic N) is 5. The molecule has 3 unspecified atom stereocenters. The van der Waals surface area contributed by atoms with E-state index in [-0.39, 0.29) is 11.5 Å². The summed E-state index contributed by atoms with van der Waals surface area (Å²) in [6.07, 6.45) is -2.28. The van der Waals surface area contributed by atoms with Crippen LogP contribution in [-0.4, -0.2) is 66.3 Å². The van der Waals surface area contributed by atoms with Crippen molar-refractivity contribution in [1.82, 2.24) is 19.5 Å².